The lowest BCUT2D eigenvalue weighted by Gasteiger charge is -2.24. The number of likely N-dealkylation sites (tertiary alicyclic amines) is 1. The molecule has 1 saturated heterocycles. The molecule has 128 valence electrons. The van der Waals surface area contributed by atoms with E-state index in [2.05, 4.69) is 20.3 Å². The number of aromatic nitrogens is 3. The fraction of sp³-hybridized carbons (Fsp3) is 0.471. The van der Waals surface area contributed by atoms with E-state index in [1.807, 2.05) is 14.0 Å². The molecule has 7 heteroatoms. The molecule has 0 radical (unpaired) electrons. The molecule has 1 amide bonds. The molecule has 1 N–H and O–H groups in total. The van der Waals surface area contributed by atoms with Crippen molar-refractivity contribution in [3.05, 3.63) is 35.8 Å². The van der Waals surface area contributed by atoms with Crippen molar-refractivity contribution in [3.8, 4) is 5.88 Å². The number of anilines is 1. The molecule has 0 spiro atoms. The molecule has 1 aliphatic heterocycles. The highest BCUT2D eigenvalue weighted by atomic mass is 16.5. The third-order valence-electron chi connectivity index (χ3n) is 4.42. The number of hydrogen-bond donors (Lipinski definition) is 1. The lowest BCUT2D eigenvalue weighted by atomic mass is 10.1. The Balaban J connectivity index is 1.73. The Kier molecular flexibility index (Phi) is 4.80. The second-order valence-electron chi connectivity index (χ2n) is 6.04. The number of amides is 1. The van der Waals surface area contributed by atoms with Crippen LogP contribution in [0.25, 0.3) is 0 Å². The molecule has 1 aliphatic rings. The summed E-state index contributed by atoms with van der Waals surface area (Å²) in [7, 11) is 3.54. The van der Waals surface area contributed by atoms with E-state index in [1.165, 1.54) is 0 Å². The van der Waals surface area contributed by atoms with Gasteiger partial charge in [0.05, 0.1) is 24.9 Å². The number of methoxy groups -OCH3 is 1. The highest BCUT2D eigenvalue weighted by Crippen LogP contribution is 2.38. The van der Waals surface area contributed by atoms with Crippen LogP contribution in [0.15, 0.2) is 24.5 Å². The van der Waals surface area contributed by atoms with Crippen molar-refractivity contribution < 1.29 is 9.53 Å². The number of carbonyl (C=O) groups excluding carboxylic acids is 1. The fourth-order valence-corrected chi connectivity index (χ4v) is 3.44. The van der Waals surface area contributed by atoms with Crippen molar-refractivity contribution in [2.24, 2.45) is 7.05 Å². The molecular formula is C17H23N5O2. The second-order valence-corrected chi connectivity index (χ2v) is 6.04. The highest BCUT2D eigenvalue weighted by Gasteiger charge is 2.33. The summed E-state index contributed by atoms with van der Waals surface area (Å²) in [5, 5.41) is 7.38. The maximum Gasteiger partial charge on any atom is 0.238 e. The van der Waals surface area contributed by atoms with E-state index >= 15 is 0 Å². The first-order valence-corrected chi connectivity index (χ1v) is 8.11. The van der Waals surface area contributed by atoms with Crippen molar-refractivity contribution in [1.82, 2.24) is 19.7 Å². The van der Waals surface area contributed by atoms with E-state index in [9.17, 15) is 4.79 Å². The van der Waals surface area contributed by atoms with Crippen molar-refractivity contribution in [3.63, 3.8) is 0 Å². The van der Waals surface area contributed by atoms with Crippen molar-refractivity contribution in [1.29, 1.82) is 0 Å². The van der Waals surface area contributed by atoms with Gasteiger partial charge in [-0.25, -0.2) is 4.68 Å². The van der Waals surface area contributed by atoms with Crippen LogP contribution in [-0.2, 0) is 11.8 Å². The van der Waals surface area contributed by atoms with Gasteiger partial charge in [0.1, 0.15) is 0 Å². The summed E-state index contributed by atoms with van der Waals surface area (Å²) in [6, 6.07) is 3.73. The number of nitrogens with one attached hydrogen (secondary N) is 1. The Hall–Kier alpha value is -2.41. The van der Waals surface area contributed by atoms with Gasteiger partial charge < -0.3 is 10.1 Å². The van der Waals surface area contributed by atoms with E-state index in [-0.39, 0.29) is 11.9 Å². The molecule has 0 saturated carbocycles. The van der Waals surface area contributed by atoms with Crippen LogP contribution in [0.5, 0.6) is 5.88 Å². The third-order valence-corrected chi connectivity index (χ3v) is 4.42. The zero-order valence-corrected chi connectivity index (χ0v) is 14.3. The second kappa shape index (κ2) is 7.00. The molecule has 3 rings (SSSR count). The first kappa shape index (κ1) is 16.4. The van der Waals surface area contributed by atoms with Crippen LogP contribution >= 0.6 is 0 Å². The maximum atomic E-state index is 12.4. The number of hydrogen-bond acceptors (Lipinski definition) is 5. The van der Waals surface area contributed by atoms with Crippen LogP contribution in [0.4, 0.5) is 5.69 Å². The molecule has 0 aromatic carbocycles. The van der Waals surface area contributed by atoms with E-state index in [4.69, 9.17) is 4.74 Å². The number of pyridine rings is 1. The molecule has 2 aromatic heterocycles. The van der Waals surface area contributed by atoms with Gasteiger partial charge in [0, 0.05) is 31.2 Å². The van der Waals surface area contributed by atoms with Crippen molar-refractivity contribution in [2.75, 3.05) is 25.5 Å². The fourth-order valence-electron chi connectivity index (χ4n) is 3.44. The van der Waals surface area contributed by atoms with Gasteiger partial charge in [-0.3, -0.25) is 14.7 Å². The average molecular weight is 329 g/mol. The minimum atomic E-state index is -0.0198. The van der Waals surface area contributed by atoms with Gasteiger partial charge in [-0.1, -0.05) is 0 Å². The molecular weight excluding hydrogens is 306 g/mol. The minimum Gasteiger partial charge on any atom is -0.481 e. The van der Waals surface area contributed by atoms with Crippen molar-refractivity contribution >= 4 is 11.6 Å². The normalized spacial score (nSPS) is 17.9. The monoisotopic (exact) mass is 329 g/mol. The van der Waals surface area contributed by atoms with Crippen molar-refractivity contribution in [2.45, 2.75) is 25.8 Å². The third kappa shape index (κ3) is 3.26. The molecule has 0 aliphatic carbocycles. The standard InChI is InChI=1S/C17H23N5O2/c1-12-16(17(24-3)21(2)20-12)14-5-4-10-22(14)11-15(23)19-13-6-8-18-9-7-13/h6-9,14H,4-5,10-11H2,1-3H3,(H,18,19,23)/t14-/m1/s1. The Bertz CT molecular complexity index is 713. The summed E-state index contributed by atoms with van der Waals surface area (Å²) in [6.45, 7) is 3.24. The van der Waals surface area contributed by atoms with Gasteiger partial charge in [0.25, 0.3) is 0 Å². The van der Waals surface area contributed by atoms with Crippen LogP contribution in [0.1, 0.15) is 30.1 Å². The van der Waals surface area contributed by atoms with Gasteiger partial charge in [0.2, 0.25) is 11.8 Å². The Morgan fingerprint density at radius 1 is 1.42 bits per heavy atom. The van der Waals surface area contributed by atoms with Crippen LogP contribution in [-0.4, -0.2) is 45.8 Å². The Morgan fingerprint density at radius 2 is 2.17 bits per heavy atom. The van der Waals surface area contributed by atoms with Crippen LogP contribution in [0.2, 0.25) is 0 Å². The van der Waals surface area contributed by atoms with Gasteiger partial charge in [-0.05, 0) is 38.4 Å². The predicted octanol–water partition coefficient (Wildman–Crippen LogP) is 1.91. The molecule has 0 unspecified atom stereocenters. The summed E-state index contributed by atoms with van der Waals surface area (Å²) in [5.74, 6) is 0.757. The maximum absolute atomic E-state index is 12.4. The zero-order valence-electron chi connectivity index (χ0n) is 14.3. The zero-order chi connectivity index (χ0) is 17.1. The van der Waals surface area contributed by atoms with Gasteiger partial charge in [0.15, 0.2) is 0 Å². The van der Waals surface area contributed by atoms with Crippen LogP contribution < -0.4 is 10.1 Å². The predicted molar refractivity (Wildman–Crippen MR) is 90.9 cm³/mol. The number of ether oxygens (including phenoxy) is 1. The molecule has 7 nitrogen and oxygen atoms in total. The number of aryl methyl sites for hydroxylation is 2. The topological polar surface area (TPSA) is 72.3 Å². The van der Waals surface area contributed by atoms with E-state index in [0.29, 0.717) is 6.54 Å². The van der Waals surface area contributed by atoms with Gasteiger partial charge in [-0.2, -0.15) is 5.10 Å². The van der Waals surface area contributed by atoms with Crippen LogP contribution in [0.3, 0.4) is 0 Å². The van der Waals surface area contributed by atoms with Crippen LogP contribution in [0, 0.1) is 6.92 Å². The molecule has 24 heavy (non-hydrogen) atoms. The summed E-state index contributed by atoms with van der Waals surface area (Å²) < 4.78 is 7.29. The van der Waals surface area contributed by atoms with Gasteiger partial charge in [-0.15, -0.1) is 0 Å². The summed E-state index contributed by atoms with van der Waals surface area (Å²) >= 11 is 0. The number of carbonyl (C=O) groups is 1. The molecule has 0 bridgehead atoms. The molecule has 1 atom stereocenters. The lowest BCUT2D eigenvalue weighted by Crippen LogP contribution is -2.33. The summed E-state index contributed by atoms with van der Waals surface area (Å²) in [5.41, 5.74) is 2.82. The first-order valence-electron chi connectivity index (χ1n) is 8.11. The highest BCUT2D eigenvalue weighted by molar-refractivity contribution is 5.92. The average Bonchev–Trinajstić information content (AvgIpc) is 3.11. The number of rotatable bonds is 5. The molecule has 1 fully saturated rings. The van der Waals surface area contributed by atoms with Gasteiger partial charge >= 0.3 is 0 Å². The molecule has 3 heterocycles. The summed E-state index contributed by atoms with van der Waals surface area (Å²) in [6.07, 6.45) is 5.40. The first-order chi connectivity index (χ1) is 11.6. The Labute approximate surface area is 141 Å². The minimum absolute atomic E-state index is 0.0198. The molecule has 2 aromatic rings. The Morgan fingerprint density at radius 3 is 2.88 bits per heavy atom. The smallest absolute Gasteiger partial charge is 0.238 e. The quantitative estimate of drug-likeness (QED) is 0.907. The largest absolute Gasteiger partial charge is 0.481 e. The summed E-state index contributed by atoms with van der Waals surface area (Å²) in [4.78, 5) is 18.5. The van der Waals surface area contributed by atoms with E-state index < -0.39 is 0 Å². The lowest BCUT2D eigenvalue weighted by molar-refractivity contribution is -0.117. The van der Waals surface area contributed by atoms with E-state index in [0.717, 1.165) is 42.2 Å². The SMILES string of the molecule is COc1c([C@H]2CCCN2CC(=O)Nc2ccncc2)c(C)nn1C. The van der Waals surface area contributed by atoms with E-state index in [1.54, 1.807) is 36.3 Å². The number of nitrogens with zero attached hydrogens (tertiary/aromatic N) is 4.